The predicted octanol–water partition coefficient (Wildman–Crippen LogP) is 26.6. The van der Waals surface area contributed by atoms with E-state index in [2.05, 4.69) is 233 Å². The Hall–Kier alpha value is -16.0. The molecule has 0 saturated heterocycles. The first-order chi connectivity index (χ1) is 58.7. The third-order valence-corrected chi connectivity index (χ3v) is 22.6. The summed E-state index contributed by atoms with van der Waals surface area (Å²) in [5.74, 6) is 5.45. The van der Waals surface area contributed by atoms with Gasteiger partial charge in [-0.3, -0.25) is 9.36 Å². The third kappa shape index (κ3) is 12.8. The highest BCUT2D eigenvalue weighted by Crippen LogP contribution is 2.53. The van der Waals surface area contributed by atoms with E-state index in [-0.39, 0.29) is 10.8 Å². The van der Waals surface area contributed by atoms with E-state index in [0.717, 1.165) is 106 Å². The summed E-state index contributed by atoms with van der Waals surface area (Å²) in [7, 11) is 0. The van der Waals surface area contributed by atoms with Crippen molar-refractivity contribution in [1.82, 2.24) is 39.0 Å². The number of aromatic nitrogens is 8. The molecular formula is C106H72N10O3. The molecular weight excluding hydrogens is 1460 g/mol. The van der Waals surface area contributed by atoms with E-state index in [1.165, 1.54) is 38.5 Å². The molecule has 23 rings (SSSR count). The number of benzene rings is 16. The van der Waals surface area contributed by atoms with Crippen molar-refractivity contribution in [2.75, 3.05) is 9.80 Å². The van der Waals surface area contributed by atoms with Crippen LogP contribution >= 0.6 is 0 Å². The quantitative estimate of drug-likeness (QED) is 0.121. The monoisotopic (exact) mass is 1530 g/mol. The highest BCUT2D eigenvalue weighted by Gasteiger charge is 2.37. The SMILES string of the molecule is CC1(C)c2ccccc2N(c2ccc3c(=O)c4ccccc4oc3c2)c2ccccc21.c1ccc(-c2nc(-c3ccccc3)nc(-c3ccc(N4c5ccccc5Oc5ccccc54)cc3)n2)cc1.c1ccc(-c2nc(-c3ccccc3)nc(-n3c4ccccc4c4cc(-c5ccc6c(c5)c5ccccc5n6-c5ccccc5)ccc43)n2)cc1. The molecule has 0 aliphatic carbocycles. The Morgan fingerprint density at radius 3 is 1.11 bits per heavy atom. The van der Waals surface area contributed by atoms with E-state index < -0.39 is 0 Å². The van der Waals surface area contributed by atoms with Crippen molar-refractivity contribution in [2.45, 2.75) is 19.3 Å². The zero-order valence-electron chi connectivity index (χ0n) is 64.8. The molecule has 119 heavy (non-hydrogen) atoms. The van der Waals surface area contributed by atoms with E-state index in [1.807, 2.05) is 200 Å². The standard InChI is InChI=1S/C45H29N5.C33H22N4O.C28H21NO2/c1-4-14-30(15-5-1)43-46-44(31-16-6-2-7-17-31)48-45(47-43)50-40-23-13-11-21-36(40)38-29-33(25-27-42(38)50)32-24-26-41-37(28-32)35-20-10-12-22-39(35)49(41)34-18-8-3-9-19-34;1-3-11-23(12-4-1)31-34-32(24-13-5-2-6-14-24)36-33(35-31)25-19-21-26(22-20-25)37-27-15-7-9-17-29(27)38-30-18-10-8-16-28(30)37;1-28(2)21-10-4-6-12-23(21)29(24-13-7-5-11-22(24)28)18-15-16-20-26(17-18)31-25-14-8-3-9-19(25)27(20)30/h1-29H;1-22H;3-17H,1-2H3. The number of para-hydroxylation sites is 10. The Kier molecular flexibility index (Phi) is 17.7. The van der Waals surface area contributed by atoms with E-state index >= 15 is 0 Å². The van der Waals surface area contributed by atoms with Gasteiger partial charge in [-0.1, -0.05) is 275 Å². The highest BCUT2D eigenvalue weighted by atomic mass is 16.5. The van der Waals surface area contributed by atoms with Gasteiger partial charge in [0.2, 0.25) is 11.4 Å². The van der Waals surface area contributed by atoms with Crippen molar-refractivity contribution in [3.63, 3.8) is 0 Å². The minimum atomic E-state index is -0.108. The largest absolute Gasteiger partial charge is 0.456 e. The van der Waals surface area contributed by atoms with Crippen molar-refractivity contribution in [3.05, 3.63) is 422 Å². The van der Waals surface area contributed by atoms with Crippen LogP contribution in [0.4, 0.5) is 34.1 Å². The molecule has 564 valence electrons. The molecule has 0 atom stereocenters. The lowest BCUT2D eigenvalue weighted by molar-refractivity contribution is 0.477. The fraction of sp³-hybridized carbons (Fsp3) is 0.0283. The van der Waals surface area contributed by atoms with Crippen LogP contribution < -0.4 is 20.0 Å². The van der Waals surface area contributed by atoms with Gasteiger partial charge in [-0.25, -0.2) is 19.9 Å². The van der Waals surface area contributed by atoms with Crippen LogP contribution in [0.1, 0.15) is 25.0 Å². The van der Waals surface area contributed by atoms with Crippen LogP contribution in [0.2, 0.25) is 0 Å². The molecule has 0 saturated carbocycles. The zero-order chi connectivity index (χ0) is 79.5. The van der Waals surface area contributed by atoms with Crippen LogP contribution in [-0.2, 0) is 5.41 Å². The lowest BCUT2D eigenvalue weighted by atomic mass is 9.73. The summed E-state index contributed by atoms with van der Waals surface area (Å²) in [5.41, 5.74) is 22.6. The first-order valence-corrected chi connectivity index (χ1v) is 39.8. The normalized spacial score (nSPS) is 12.4. The van der Waals surface area contributed by atoms with Crippen LogP contribution in [0.25, 0.3) is 145 Å². The van der Waals surface area contributed by atoms with Gasteiger partial charge in [-0.05, 0) is 156 Å². The molecule has 2 aliphatic heterocycles. The molecule has 2 aliphatic rings. The molecule has 7 heterocycles. The van der Waals surface area contributed by atoms with Gasteiger partial charge in [0, 0.05) is 77.9 Å². The summed E-state index contributed by atoms with van der Waals surface area (Å²) in [4.78, 5) is 47.1. The molecule has 0 radical (unpaired) electrons. The second-order valence-corrected chi connectivity index (χ2v) is 30.1. The molecule has 5 aromatic heterocycles. The molecule has 13 nitrogen and oxygen atoms in total. The summed E-state index contributed by atoms with van der Waals surface area (Å²) in [6.07, 6.45) is 0. The summed E-state index contributed by atoms with van der Waals surface area (Å²) in [5, 5.41) is 5.97. The van der Waals surface area contributed by atoms with Gasteiger partial charge >= 0.3 is 0 Å². The molecule has 0 spiro atoms. The van der Waals surface area contributed by atoms with Gasteiger partial charge < -0.3 is 23.5 Å². The number of ether oxygens (including phenoxy) is 1. The fourth-order valence-electron chi connectivity index (χ4n) is 16.8. The molecule has 0 N–H and O–H groups in total. The van der Waals surface area contributed by atoms with Crippen molar-refractivity contribution < 1.29 is 9.15 Å². The molecule has 0 unspecified atom stereocenters. The van der Waals surface area contributed by atoms with Gasteiger partial charge in [-0.15, -0.1) is 0 Å². The Balaban J connectivity index is 0.000000114. The average molecular weight is 1530 g/mol. The molecule has 21 aromatic rings. The maximum atomic E-state index is 13.0. The minimum absolute atomic E-state index is 0.00368. The maximum absolute atomic E-state index is 13.0. The zero-order valence-corrected chi connectivity index (χ0v) is 64.8. The first-order valence-electron chi connectivity index (χ1n) is 39.8. The second kappa shape index (κ2) is 29.8. The lowest BCUT2D eigenvalue weighted by Gasteiger charge is -2.42. The van der Waals surface area contributed by atoms with Crippen LogP contribution in [-0.4, -0.2) is 39.0 Å². The average Bonchev–Trinajstić information content (AvgIpc) is 1.19. The summed E-state index contributed by atoms with van der Waals surface area (Å²) >= 11 is 0. The number of rotatable bonds is 10. The highest BCUT2D eigenvalue weighted by molar-refractivity contribution is 6.13. The number of anilines is 6. The summed E-state index contributed by atoms with van der Waals surface area (Å²) in [6, 6.07) is 136. The predicted molar refractivity (Wildman–Crippen MR) is 483 cm³/mol. The molecule has 13 heteroatoms. The van der Waals surface area contributed by atoms with Crippen molar-refractivity contribution in [2.24, 2.45) is 0 Å². The Bertz CT molecular complexity index is 7310. The summed E-state index contributed by atoms with van der Waals surface area (Å²) < 4.78 is 16.8. The van der Waals surface area contributed by atoms with Crippen LogP contribution in [0, 0.1) is 0 Å². The van der Waals surface area contributed by atoms with Gasteiger partial charge in [0.25, 0.3) is 0 Å². The van der Waals surface area contributed by atoms with Crippen LogP contribution in [0.3, 0.4) is 0 Å². The van der Waals surface area contributed by atoms with Gasteiger partial charge in [0.1, 0.15) is 11.2 Å². The Labute approximate surface area is 685 Å². The number of nitrogens with zero attached hydrogens (tertiary/aromatic N) is 10. The van der Waals surface area contributed by atoms with Gasteiger partial charge in [-0.2, -0.15) is 9.97 Å². The van der Waals surface area contributed by atoms with Crippen LogP contribution in [0.5, 0.6) is 11.5 Å². The fourth-order valence-corrected chi connectivity index (χ4v) is 16.8. The topological polar surface area (TPSA) is 133 Å². The second-order valence-electron chi connectivity index (χ2n) is 30.1. The number of hydrogen-bond acceptors (Lipinski definition) is 11. The minimum Gasteiger partial charge on any atom is -0.456 e. The number of hydrogen-bond donors (Lipinski definition) is 0. The molecule has 0 fully saturated rings. The van der Waals surface area contributed by atoms with E-state index in [1.54, 1.807) is 0 Å². The smallest absolute Gasteiger partial charge is 0.238 e. The van der Waals surface area contributed by atoms with E-state index in [9.17, 15) is 4.79 Å². The van der Waals surface area contributed by atoms with Crippen molar-refractivity contribution in [3.8, 4) is 91.2 Å². The number of fused-ring (bicyclic) bond motifs is 12. The molecule has 0 amide bonds. The van der Waals surface area contributed by atoms with Crippen molar-refractivity contribution in [1.29, 1.82) is 0 Å². The van der Waals surface area contributed by atoms with Gasteiger partial charge in [0.05, 0.1) is 55.6 Å². The maximum Gasteiger partial charge on any atom is 0.238 e. The molecule has 16 aromatic carbocycles. The van der Waals surface area contributed by atoms with Crippen molar-refractivity contribution >= 4 is 99.7 Å². The Morgan fingerprint density at radius 1 is 0.252 bits per heavy atom. The Morgan fingerprint density at radius 2 is 0.605 bits per heavy atom. The lowest BCUT2D eigenvalue weighted by Crippen LogP contribution is -2.30. The first kappa shape index (κ1) is 70.8. The van der Waals surface area contributed by atoms with E-state index in [4.69, 9.17) is 39.1 Å². The summed E-state index contributed by atoms with van der Waals surface area (Å²) in [6.45, 7) is 4.54. The molecule has 0 bridgehead atoms. The van der Waals surface area contributed by atoms with Gasteiger partial charge in [0.15, 0.2) is 40.6 Å². The van der Waals surface area contributed by atoms with E-state index in [0.29, 0.717) is 57.0 Å². The van der Waals surface area contributed by atoms with Crippen LogP contribution in [0.15, 0.2) is 410 Å². The third-order valence-electron chi connectivity index (χ3n) is 22.6.